The molecule has 0 radical (unpaired) electrons. The van der Waals surface area contributed by atoms with Crippen LogP contribution in [0.15, 0.2) is 23.3 Å². The first-order chi connectivity index (χ1) is 5.90. The van der Waals surface area contributed by atoms with Gasteiger partial charge in [0, 0.05) is 12.2 Å². The van der Waals surface area contributed by atoms with E-state index in [0.29, 0.717) is 0 Å². The minimum Gasteiger partial charge on any atom is -0.384 e. The van der Waals surface area contributed by atoms with Gasteiger partial charge in [0.05, 0.1) is 6.21 Å². The maximum absolute atomic E-state index is 5.06. The van der Waals surface area contributed by atoms with Gasteiger partial charge in [-0.25, -0.2) is 0 Å². The standard InChI is InChI=1S/C9H11N3/c10-12-6-7-1-2-9-8(5-7)3-4-11-9/h1-2,5-6,11H,3-4,10H2. The van der Waals surface area contributed by atoms with Crippen LogP contribution in [0, 0.1) is 0 Å². The van der Waals surface area contributed by atoms with Gasteiger partial charge in [0.15, 0.2) is 0 Å². The molecule has 0 unspecified atom stereocenters. The van der Waals surface area contributed by atoms with Crippen molar-refractivity contribution in [3.05, 3.63) is 29.3 Å². The van der Waals surface area contributed by atoms with Crippen molar-refractivity contribution in [3.8, 4) is 0 Å². The van der Waals surface area contributed by atoms with Gasteiger partial charge in [-0.2, -0.15) is 5.10 Å². The molecular weight excluding hydrogens is 150 g/mol. The molecule has 0 atom stereocenters. The van der Waals surface area contributed by atoms with Crippen LogP contribution in [0.25, 0.3) is 0 Å². The summed E-state index contributed by atoms with van der Waals surface area (Å²) in [6.45, 7) is 1.04. The van der Waals surface area contributed by atoms with Crippen molar-refractivity contribution in [3.63, 3.8) is 0 Å². The largest absolute Gasteiger partial charge is 0.384 e. The highest BCUT2D eigenvalue weighted by atomic mass is 15.1. The summed E-state index contributed by atoms with van der Waals surface area (Å²) in [4.78, 5) is 0. The van der Waals surface area contributed by atoms with Crippen molar-refractivity contribution in [1.82, 2.24) is 0 Å². The first kappa shape index (κ1) is 7.16. The Hall–Kier alpha value is -1.51. The zero-order valence-electron chi connectivity index (χ0n) is 6.75. The van der Waals surface area contributed by atoms with E-state index in [1.54, 1.807) is 6.21 Å². The summed E-state index contributed by atoms with van der Waals surface area (Å²) in [7, 11) is 0. The molecule has 0 saturated carbocycles. The number of hydrogen-bond acceptors (Lipinski definition) is 3. The van der Waals surface area contributed by atoms with Crippen molar-refractivity contribution in [2.24, 2.45) is 10.9 Å². The van der Waals surface area contributed by atoms with Crippen LogP contribution >= 0.6 is 0 Å². The molecule has 0 aliphatic carbocycles. The molecule has 1 aromatic rings. The Labute approximate surface area is 71.3 Å². The Morgan fingerprint density at radius 1 is 1.50 bits per heavy atom. The van der Waals surface area contributed by atoms with Gasteiger partial charge in [0.2, 0.25) is 0 Å². The van der Waals surface area contributed by atoms with Crippen molar-refractivity contribution in [2.75, 3.05) is 11.9 Å². The lowest BCUT2D eigenvalue weighted by atomic mass is 10.1. The SMILES string of the molecule is NN=Cc1ccc2c(c1)CCN2. The molecular formula is C9H11N3. The summed E-state index contributed by atoms with van der Waals surface area (Å²) >= 11 is 0. The van der Waals surface area contributed by atoms with E-state index >= 15 is 0 Å². The molecule has 3 nitrogen and oxygen atoms in total. The fourth-order valence-corrected chi connectivity index (χ4v) is 1.49. The van der Waals surface area contributed by atoms with Gasteiger partial charge in [0.1, 0.15) is 0 Å². The van der Waals surface area contributed by atoms with Gasteiger partial charge in [-0.1, -0.05) is 6.07 Å². The summed E-state index contributed by atoms with van der Waals surface area (Å²) in [5.74, 6) is 5.06. The van der Waals surface area contributed by atoms with Crippen LogP contribution in [-0.4, -0.2) is 12.8 Å². The van der Waals surface area contributed by atoms with Crippen LogP contribution in [0.2, 0.25) is 0 Å². The Bertz CT molecular complexity index is 318. The molecule has 1 aromatic carbocycles. The molecule has 2 rings (SSSR count). The molecule has 1 aliphatic heterocycles. The third kappa shape index (κ3) is 1.13. The minimum absolute atomic E-state index is 1.04. The number of nitrogens with one attached hydrogen (secondary N) is 1. The Morgan fingerprint density at radius 2 is 2.42 bits per heavy atom. The lowest BCUT2D eigenvalue weighted by molar-refractivity contribution is 1.11. The summed E-state index contributed by atoms with van der Waals surface area (Å²) in [5, 5.41) is 6.78. The average Bonchev–Trinajstić information content (AvgIpc) is 2.51. The lowest BCUT2D eigenvalue weighted by Gasteiger charge is -1.99. The zero-order chi connectivity index (χ0) is 8.39. The lowest BCUT2D eigenvalue weighted by Crippen LogP contribution is -1.90. The molecule has 0 bridgehead atoms. The molecule has 1 heterocycles. The number of hydrogen-bond donors (Lipinski definition) is 2. The van der Waals surface area contributed by atoms with Crippen LogP contribution in [0.4, 0.5) is 5.69 Å². The molecule has 0 fully saturated rings. The van der Waals surface area contributed by atoms with Crippen molar-refractivity contribution in [1.29, 1.82) is 0 Å². The van der Waals surface area contributed by atoms with Gasteiger partial charge in [0.25, 0.3) is 0 Å². The molecule has 0 aromatic heterocycles. The summed E-state index contributed by atoms with van der Waals surface area (Å²) in [5.41, 5.74) is 3.66. The number of rotatable bonds is 1. The van der Waals surface area contributed by atoms with Gasteiger partial charge in [-0.05, 0) is 29.7 Å². The highest BCUT2D eigenvalue weighted by molar-refractivity contribution is 5.81. The summed E-state index contributed by atoms with van der Waals surface area (Å²) in [6.07, 6.45) is 2.76. The highest BCUT2D eigenvalue weighted by Gasteiger charge is 2.08. The van der Waals surface area contributed by atoms with Crippen molar-refractivity contribution in [2.45, 2.75) is 6.42 Å². The van der Waals surface area contributed by atoms with Crippen molar-refractivity contribution >= 4 is 11.9 Å². The van der Waals surface area contributed by atoms with Gasteiger partial charge in [-0.15, -0.1) is 0 Å². The molecule has 3 N–H and O–H groups in total. The second kappa shape index (κ2) is 2.85. The number of fused-ring (bicyclic) bond motifs is 1. The predicted octanol–water partition coefficient (Wildman–Crippen LogP) is 0.947. The monoisotopic (exact) mass is 161 g/mol. The number of nitrogens with two attached hydrogens (primary N) is 1. The van der Waals surface area contributed by atoms with E-state index in [0.717, 1.165) is 18.5 Å². The Balaban J connectivity index is 2.38. The van der Waals surface area contributed by atoms with Gasteiger partial charge >= 0.3 is 0 Å². The first-order valence-electron chi connectivity index (χ1n) is 4.00. The first-order valence-corrected chi connectivity index (χ1v) is 4.00. The highest BCUT2D eigenvalue weighted by Crippen LogP contribution is 2.22. The number of nitrogens with zero attached hydrogens (tertiary/aromatic N) is 1. The van der Waals surface area contributed by atoms with E-state index < -0.39 is 0 Å². The normalized spacial score (nSPS) is 14.7. The van der Waals surface area contributed by atoms with E-state index in [2.05, 4.69) is 22.6 Å². The van der Waals surface area contributed by atoms with Crippen LogP contribution in [0.3, 0.4) is 0 Å². The van der Waals surface area contributed by atoms with E-state index in [1.807, 2.05) is 6.07 Å². The molecule has 0 saturated heterocycles. The molecule has 1 aliphatic rings. The second-order valence-electron chi connectivity index (χ2n) is 2.87. The third-order valence-corrected chi connectivity index (χ3v) is 2.06. The van der Waals surface area contributed by atoms with Crippen LogP contribution in [0.5, 0.6) is 0 Å². The smallest absolute Gasteiger partial charge is 0.0538 e. The number of benzene rings is 1. The molecule has 12 heavy (non-hydrogen) atoms. The second-order valence-corrected chi connectivity index (χ2v) is 2.87. The third-order valence-electron chi connectivity index (χ3n) is 2.06. The van der Waals surface area contributed by atoms with Crippen LogP contribution < -0.4 is 11.2 Å². The van der Waals surface area contributed by atoms with Crippen LogP contribution in [0.1, 0.15) is 11.1 Å². The number of anilines is 1. The average molecular weight is 161 g/mol. The summed E-state index contributed by atoms with van der Waals surface area (Å²) in [6, 6.07) is 6.19. The minimum atomic E-state index is 1.04. The zero-order valence-corrected chi connectivity index (χ0v) is 6.75. The Morgan fingerprint density at radius 3 is 3.25 bits per heavy atom. The van der Waals surface area contributed by atoms with E-state index in [-0.39, 0.29) is 0 Å². The predicted molar refractivity (Wildman–Crippen MR) is 50.4 cm³/mol. The molecule has 62 valence electrons. The van der Waals surface area contributed by atoms with Crippen molar-refractivity contribution < 1.29 is 0 Å². The number of hydrazone groups is 1. The maximum atomic E-state index is 5.06. The Kier molecular flexibility index (Phi) is 1.70. The van der Waals surface area contributed by atoms with E-state index in [4.69, 9.17) is 5.84 Å². The fourth-order valence-electron chi connectivity index (χ4n) is 1.49. The molecule has 3 heteroatoms. The maximum Gasteiger partial charge on any atom is 0.0538 e. The van der Waals surface area contributed by atoms with Crippen LogP contribution in [-0.2, 0) is 6.42 Å². The fraction of sp³-hybridized carbons (Fsp3) is 0.222. The topological polar surface area (TPSA) is 50.4 Å². The molecule has 0 amide bonds. The van der Waals surface area contributed by atoms with E-state index in [1.165, 1.54) is 11.3 Å². The van der Waals surface area contributed by atoms with Gasteiger partial charge < -0.3 is 11.2 Å². The van der Waals surface area contributed by atoms with Gasteiger partial charge in [-0.3, -0.25) is 0 Å². The van der Waals surface area contributed by atoms with E-state index in [9.17, 15) is 0 Å². The quantitative estimate of drug-likeness (QED) is 0.366. The summed E-state index contributed by atoms with van der Waals surface area (Å²) < 4.78 is 0. The molecule has 0 spiro atoms.